The number of methoxy groups -OCH3 is 1. The first-order valence-electron chi connectivity index (χ1n) is 6.53. The number of halogens is 2. The van der Waals surface area contributed by atoms with E-state index in [2.05, 4.69) is 5.32 Å². The summed E-state index contributed by atoms with van der Waals surface area (Å²) in [6.45, 7) is 6.68. The molecule has 1 unspecified atom stereocenters. The molecule has 1 N–H and O–H groups in total. The number of amides is 1. The maximum absolute atomic E-state index is 12.0. The number of benzene rings is 1. The Morgan fingerprint density at radius 3 is 2.27 bits per heavy atom. The zero-order chi connectivity index (χ0) is 17.1. The summed E-state index contributed by atoms with van der Waals surface area (Å²) in [7, 11) is 1.41. The quantitative estimate of drug-likeness (QED) is 0.837. The van der Waals surface area contributed by atoms with Crippen molar-refractivity contribution in [1.82, 2.24) is 5.32 Å². The summed E-state index contributed by atoms with van der Waals surface area (Å²) < 4.78 is 10.4. The number of hydrogen-bond acceptors (Lipinski definition) is 4. The van der Waals surface area contributed by atoms with Gasteiger partial charge in [0, 0.05) is 10.6 Å². The average Bonchev–Trinajstić information content (AvgIpc) is 2.35. The fraction of sp³-hybridized carbons (Fsp3) is 0.467. The van der Waals surface area contributed by atoms with Gasteiger partial charge in [-0.1, -0.05) is 23.2 Å². The van der Waals surface area contributed by atoms with E-state index in [-0.39, 0.29) is 10.8 Å². The zero-order valence-electron chi connectivity index (χ0n) is 13.1. The van der Waals surface area contributed by atoms with Gasteiger partial charge in [0.05, 0.1) is 12.1 Å². The lowest BCUT2D eigenvalue weighted by Crippen LogP contribution is -2.47. The van der Waals surface area contributed by atoms with Gasteiger partial charge < -0.3 is 19.6 Å². The Hall–Kier alpha value is -1.46. The van der Waals surface area contributed by atoms with Gasteiger partial charge in [0.15, 0.2) is 0 Å². The summed E-state index contributed by atoms with van der Waals surface area (Å²) in [5.41, 5.74) is -1.75. The third-order valence-corrected chi connectivity index (χ3v) is 3.27. The van der Waals surface area contributed by atoms with E-state index < -0.39 is 17.2 Å². The molecule has 0 radical (unpaired) electrons. The predicted octanol–water partition coefficient (Wildman–Crippen LogP) is 3.94. The van der Waals surface area contributed by atoms with Crippen LogP contribution < -0.4 is 10.1 Å². The van der Waals surface area contributed by atoms with E-state index in [0.29, 0.717) is 16.9 Å². The van der Waals surface area contributed by atoms with E-state index in [1.807, 2.05) is 0 Å². The molecule has 1 amide bonds. The van der Waals surface area contributed by atoms with Crippen LogP contribution in [-0.4, -0.2) is 25.1 Å². The summed E-state index contributed by atoms with van der Waals surface area (Å²) in [6.07, 6.45) is -0.165. The molecule has 0 saturated carbocycles. The minimum atomic E-state index is -1.40. The van der Waals surface area contributed by atoms with E-state index in [0.717, 1.165) is 0 Å². The van der Waals surface area contributed by atoms with Crippen molar-refractivity contribution in [3.63, 3.8) is 0 Å². The second-order valence-corrected chi connectivity index (χ2v) is 6.76. The largest absolute Gasteiger partial charge is 0.495 e. The Morgan fingerprint density at radius 2 is 1.82 bits per heavy atom. The van der Waals surface area contributed by atoms with Gasteiger partial charge in [-0.25, -0.2) is 4.79 Å². The third-order valence-electron chi connectivity index (χ3n) is 2.77. The second kappa shape index (κ2) is 6.75. The lowest BCUT2D eigenvalue weighted by atomic mass is 9.92. The van der Waals surface area contributed by atoms with Crippen molar-refractivity contribution in [3.8, 4) is 5.75 Å². The van der Waals surface area contributed by atoms with Crippen LogP contribution >= 0.6 is 23.2 Å². The molecule has 0 bridgehead atoms. The van der Waals surface area contributed by atoms with Crippen LogP contribution in [0.4, 0.5) is 4.79 Å². The van der Waals surface area contributed by atoms with Crippen LogP contribution in [0.25, 0.3) is 0 Å². The van der Waals surface area contributed by atoms with Crippen molar-refractivity contribution in [2.24, 2.45) is 0 Å². The van der Waals surface area contributed by atoms with Gasteiger partial charge >= 0.3 is 6.09 Å². The molecule has 0 saturated heterocycles. The number of aldehydes is 1. The van der Waals surface area contributed by atoms with Gasteiger partial charge in [0.2, 0.25) is 0 Å². The van der Waals surface area contributed by atoms with Gasteiger partial charge in [-0.05, 0) is 39.8 Å². The van der Waals surface area contributed by atoms with E-state index >= 15 is 0 Å². The Kier molecular flexibility index (Phi) is 5.70. The van der Waals surface area contributed by atoms with Crippen LogP contribution in [0.3, 0.4) is 0 Å². The van der Waals surface area contributed by atoms with Crippen LogP contribution in [0.1, 0.15) is 33.3 Å². The van der Waals surface area contributed by atoms with Crippen molar-refractivity contribution < 1.29 is 19.1 Å². The van der Waals surface area contributed by atoms with Crippen molar-refractivity contribution >= 4 is 35.6 Å². The minimum Gasteiger partial charge on any atom is -0.495 e. The van der Waals surface area contributed by atoms with Crippen LogP contribution in [0.2, 0.25) is 10.0 Å². The highest BCUT2D eigenvalue weighted by Crippen LogP contribution is 2.37. The lowest BCUT2D eigenvalue weighted by Gasteiger charge is -2.29. The zero-order valence-corrected chi connectivity index (χ0v) is 14.6. The van der Waals surface area contributed by atoms with Crippen molar-refractivity contribution in [2.75, 3.05) is 7.11 Å². The highest BCUT2D eigenvalue weighted by atomic mass is 35.5. The average molecular weight is 348 g/mol. The molecule has 1 aromatic rings. The molecule has 0 spiro atoms. The number of nitrogens with one attached hydrogen (secondary N) is 1. The molecule has 1 atom stereocenters. The van der Waals surface area contributed by atoms with Crippen LogP contribution in [0, 0.1) is 0 Å². The molecule has 22 heavy (non-hydrogen) atoms. The van der Waals surface area contributed by atoms with Crippen molar-refractivity contribution in [2.45, 2.75) is 38.8 Å². The first kappa shape index (κ1) is 18.6. The Bertz CT molecular complexity index is 584. The molecule has 0 aromatic heterocycles. The van der Waals surface area contributed by atoms with Gasteiger partial charge in [-0.2, -0.15) is 0 Å². The molecule has 0 aliphatic carbocycles. The molecule has 0 aliphatic rings. The monoisotopic (exact) mass is 347 g/mol. The van der Waals surface area contributed by atoms with E-state index in [1.165, 1.54) is 26.2 Å². The molecule has 1 aromatic carbocycles. The number of ether oxygens (including phenoxy) is 2. The van der Waals surface area contributed by atoms with Crippen molar-refractivity contribution in [3.05, 3.63) is 27.7 Å². The molecular formula is C15H19Cl2NO4. The number of carbonyl (C=O) groups excluding carboxylic acids is 2. The summed E-state index contributed by atoms with van der Waals surface area (Å²) >= 11 is 12.1. The fourth-order valence-electron chi connectivity index (χ4n) is 1.83. The molecule has 7 heteroatoms. The summed E-state index contributed by atoms with van der Waals surface area (Å²) in [4.78, 5) is 23.6. The summed E-state index contributed by atoms with van der Waals surface area (Å²) in [6, 6.07) is 3.00. The Balaban J connectivity index is 3.24. The highest BCUT2D eigenvalue weighted by Gasteiger charge is 2.34. The summed E-state index contributed by atoms with van der Waals surface area (Å²) in [5.74, 6) is 0.261. The molecule has 122 valence electrons. The molecule has 0 aliphatic heterocycles. The van der Waals surface area contributed by atoms with E-state index in [4.69, 9.17) is 32.7 Å². The molecule has 0 heterocycles. The number of carbonyl (C=O) groups is 2. The molecule has 5 nitrogen and oxygen atoms in total. The minimum absolute atomic E-state index is 0.240. The smallest absolute Gasteiger partial charge is 0.408 e. The molecule has 1 rings (SSSR count). The SMILES string of the molecule is COc1c(Cl)cc(Cl)cc1C(C)(C=O)NC(=O)OC(C)(C)C. The van der Waals surface area contributed by atoms with Crippen LogP contribution in [0.5, 0.6) is 5.75 Å². The normalized spacial score (nSPS) is 14.0. The van der Waals surface area contributed by atoms with Gasteiger partial charge in [0.1, 0.15) is 23.2 Å². The third kappa shape index (κ3) is 4.52. The van der Waals surface area contributed by atoms with Crippen LogP contribution in [0.15, 0.2) is 12.1 Å². The standard InChI is InChI=1S/C15H19Cl2NO4/c1-14(2,3)22-13(20)18-15(4,8-19)10-6-9(16)7-11(17)12(10)21-5/h6-8H,1-5H3,(H,18,20). The maximum atomic E-state index is 12.0. The lowest BCUT2D eigenvalue weighted by molar-refractivity contribution is -0.113. The van der Waals surface area contributed by atoms with Gasteiger partial charge in [-0.3, -0.25) is 0 Å². The first-order chi connectivity index (χ1) is 10.0. The number of rotatable bonds is 4. The number of alkyl carbamates (subject to hydrolysis) is 1. The predicted molar refractivity (Wildman–Crippen MR) is 85.8 cm³/mol. The maximum Gasteiger partial charge on any atom is 0.408 e. The molecular weight excluding hydrogens is 329 g/mol. The van der Waals surface area contributed by atoms with E-state index in [9.17, 15) is 9.59 Å². The Labute approximate surface area is 139 Å². The Morgan fingerprint density at radius 1 is 1.23 bits per heavy atom. The van der Waals surface area contributed by atoms with E-state index in [1.54, 1.807) is 20.8 Å². The topological polar surface area (TPSA) is 64.6 Å². The fourth-order valence-corrected chi connectivity index (χ4v) is 2.40. The highest BCUT2D eigenvalue weighted by molar-refractivity contribution is 6.35. The second-order valence-electron chi connectivity index (χ2n) is 5.92. The van der Waals surface area contributed by atoms with Gasteiger partial charge in [0.25, 0.3) is 0 Å². The summed E-state index contributed by atoms with van der Waals surface area (Å²) in [5, 5.41) is 3.08. The van der Waals surface area contributed by atoms with Crippen LogP contribution in [-0.2, 0) is 15.1 Å². The molecule has 0 fully saturated rings. The van der Waals surface area contributed by atoms with Crippen molar-refractivity contribution in [1.29, 1.82) is 0 Å². The first-order valence-corrected chi connectivity index (χ1v) is 7.29. The van der Waals surface area contributed by atoms with Gasteiger partial charge in [-0.15, -0.1) is 0 Å². The number of hydrogen-bond donors (Lipinski definition) is 1.